The lowest BCUT2D eigenvalue weighted by molar-refractivity contribution is 0.0849. The van der Waals surface area contributed by atoms with Crippen LogP contribution < -0.4 is 20.3 Å². The van der Waals surface area contributed by atoms with Crippen molar-refractivity contribution in [1.82, 2.24) is 10.9 Å². The van der Waals surface area contributed by atoms with Crippen molar-refractivity contribution in [2.24, 2.45) is 0 Å². The van der Waals surface area contributed by atoms with Gasteiger partial charge in [0.2, 0.25) is 0 Å². The van der Waals surface area contributed by atoms with Crippen molar-refractivity contribution in [3.8, 4) is 5.75 Å². The molecule has 3 rings (SSSR count). The molecular formula is C20H19N3O5S2. The van der Waals surface area contributed by atoms with Gasteiger partial charge in [-0.05, 0) is 66.9 Å². The fourth-order valence-electron chi connectivity index (χ4n) is 2.44. The van der Waals surface area contributed by atoms with Gasteiger partial charge in [-0.2, -0.15) is 0 Å². The second kappa shape index (κ2) is 9.42. The quantitative estimate of drug-likeness (QED) is 0.484. The summed E-state index contributed by atoms with van der Waals surface area (Å²) in [5.74, 6) is -0.364. The number of benzene rings is 2. The first-order valence-electron chi connectivity index (χ1n) is 8.89. The first-order valence-corrected chi connectivity index (χ1v) is 11.3. The van der Waals surface area contributed by atoms with Gasteiger partial charge in [-0.3, -0.25) is 25.2 Å². The van der Waals surface area contributed by atoms with Gasteiger partial charge in [-0.15, -0.1) is 11.3 Å². The maximum Gasteiger partial charge on any atom is 0.279 e. The zero-order valence-electron chi connectivity index (χ0n) is 15.9. The smallest absolute Gasteiger partial charge is 0.279 e. The van der Waals surface area contributed by atoms with Gasteiger partial charge in [-0.25, -0.2) is 8.42 Å². The number of hydrogen-bond donors (Lipinski definition) is 3. The zero-order chi connectivity index (χ0) is 21.6. The van der Waals surface area contributed by atoms with Gasteiger partial charge in [0.1, 0.15) is 5.75 Å². The molecule has 1 aromatic heterocycles. The Morgan fingerprint density at radius 3 is 2.20 bits per heavy atom. The van der Waals surface area contributed by atoms with E-state index in [1.807, 2.05) is 6.92 Å². The molecule has 0 bridgehead atoms. The van der Waals surface area contributed by atoms with E-state index in [0.717, 1.165) is 0 Å². The Labute approximate surface area is 177 Å². The van der Waals surface area contributed by atoms with Crippen LogP contribution in [0.4, 0.5) is 5.69 Å². The van der Waals surface area contributed by atoms with Gasteiger partial charge in [0.05, 0.1) is 16.4 Å². The van der Waals surface area contributed by atoms with E-state index in [2.05, 4.69) is 15.6 Å². The molecule has 0 saturated heterocycles. The van der Waals surface area contributed by atoms with Crippen LogP contribution in [0.15, 0.2) is 70.9 Å². The minimum Gasteiger partial charge on any atom is -0.494 e. The molecule has 0 unspecified atom stereocenters. The fraction of sp³-hybridized carbons (Fsp3) is 0.100. The SMILES string of the molecule is CCOc1ccc(S(=O)(=O)Nc2ccc(C(=O)NNC(=O)c3cccs3)cc2)cc1. The van der Waals surface area contributed by atoms with E-state index in [1.165, 1.54) is 47.7 Å². The van der Waals surface area contributed by atoms with Gasteiger partial charge in [0.15, 0.2) is 0 Å². The number of thiophene rings is 1. The number of ether oxygens (including phenoxy) is 1. The minimum atomic E-state index is -3.79. The summed E-state index contributed by atoms with van der Waals surface area (Å²) >= 11 is 1.25. The van der Waals surface area contributed by atoms with Crippen LogP contribution >= 0.6 is 11.3 Å². The topological polar surface area (TPSA) is 114 Å². The second-order valence-electron chi connectivity index (χ2n) is 5.97. The van der Waals surface area contributed by atoms with Crippen LogP contribution in [-0.2, 0) is 10.0 Å². The predicted octanol–water partition coefficient (Wildman–Crippen LogP) is 3.02. The van der Waals surface area contributed by atoms with Crippen molar-refractivity contribution >= 4 is 38.9 Å². The second-order valence-corrected chi connectivity index (χ2v) is 8.60. The maximum atomic E-state index is 12.5. The molecule has 0 saturated carbocycles. The molecule has 0 aliphatic heterocycles. The van der Waals surface area contributed by atoms with Crippen LogP contribution in [0.25, 0.3) is 0 Å². The number of rotatable bonds is 7. The highest BCUT2D eigenvalue weighted by Crippen LogP contribution is 2.19. The largest absolute Gasteiger partial charge is 0.494 e. The van der Waals surface area contributed by atoms with Crippen molar-refractivity contribution in [2.75, 3.05) is 11.3 Å². The summed E-state index contributed by atoms with van der Waals surface area (Å²) < 4.78 is 32.8. The van der Waals surface area contributed by atoms with Crippen LogP contribution in [0.1, 0.15) is 27.0 Å². The van der Waals surface area contributed by atoms with Crippen LogP contribution in [0.2, 0.25) is 0 Å². The summed E-state index contributed by atoms with van der Waals surface area (Å²) in [7, 11) is -3.79. The van der Waals surface area contributed by atoms with Gasteiger partial charge < -0.3 is 4.74 Å². The molecule has 10 heteroatoms. The molecule has 3 aromatic rings. The van der Waals surface area contributed by atoms with Gasteiger partial charge in [0, 0.05) is 11.3 Å². The van der Waals surface area contributed by atoms with Crippen molar-refractivity contribution in [1.29, 1.82) is 0 Å². The summed E-state index contributed by atoms with van der Waals surface area (Å²) in [6.07, 6.45) is 0. The molecular weight excluding hydrogens is 426 g/mol. The first kappa shape index (κ1) is 21.3. The third kappa shape index (κ3) is 5.37. The average molecular weight is 446 g/mol. The summed E-state index contributed by atoms with van der Waals surface area (Å²) in [5.41, 5.74) is 5.18. The lowest BCUT2D eigenvalue weighted by atomic mass is 10.2. The van der Waals surface area contributed by atoms with E-state index >= 15 is 0 Å². The van der Waals surface area contributed by atoms with Crippen molar-refractivity contribution < 1.29 is 22.7 Å². The molecule has 8 nitrogen and oxygen atoms in total. The number of nitrogens with one attached hydrogen (secondary N) is 3. The van der Waals surface area contributed by atoms with E-state index in [0.29, 0.717) is 22.9 Å². The number of carbonyl (C=O) groups excluding carboxylic acids is 2. The van der Waals surface area contributed by atoms with Crippen molar-refractivity contribution in [3.63, 3.8) is 0 Å². The molecule has 0 atom stereocenters. The number of hydrogen-bond acceptors (Lipinski definition) is 6. The van der Waals surface area contributed by atoms with E-state index in [4.69, 9.17) is 4.74 Å². The highest BCUT2D eigenvalue weighted by Gasteiger charge is 2.15. The summed E-state index contributed by atoms with van der Waals surface area (Å²) in [5, 5.41) is 1.75. The number of amides is 2. The maximum absolute atomic E-state index is 12.5. The molecule has 0 aliphatic carbocycles. The predicted molar refractivity (Wildman–Crippen MR) is 114 cm³/mol. The lowest BCUT2D eigenvalue weighted by Crippen LogP contribution is -2.41. The van der Waals surface area contributed by atoms with E-state index in [9.17, 15) is 18.0 Å². The molecule has 3 N–H and O–H groups in total. The molecule has 0 fully saturated rings. The lowest BCUT2D eigenvalue weighted by Gasteiger charge is -2.10. The van der Waals surface area contributed by atoms with Crippen LogP contribution in [0.3, 0.4) is 0 Å². The van der Waals surface area contributed by atoms with Gasteiger partial charge in [0.25, 0.3) is 21.8 Å². The molecule has 156 valence electrons. The highest BCUT2D eigenvalue weighted by molar-refractivity contribution is 7.92. The van der Waals surface area contributed by atoms with E-state index < -0.39 is 21.8 Å². The molecule has 0 spiro atoms. The normalized spacial score (nSPS) is 10.8. The Morgan fingerprint density at radius 2 is 1.60 bits per heavy atom. The van der Waals surface area contributed by atoms with Gasteiger partial charge in [-0.1, -0.05) is 6.07 Å². The average Bonchev–Trinajstić information content (AvgIpc) is 3.28. The van der Waals surface area contributed by atoms with Crippen LogP contribution in [0, 0.1) is 0 Å². The van der Waals surface area contributed by atoms with E-state index in [1.54, 1.807) is 29.6 Å². The Morgan fingerprint density at radius 1 is 0.933 bits per heavy atom. The first-order chi connectivity index (χ1) is 14.4. The third-order valence-corrected chi connectivity index (χ3v) is 6.14. The number of hydrazine groups is 1. The fourth-order valence-corrected chi connectivity index (χ4v) is 4.12. The Kier molecular flexibility index (Phi) is 6.70. The molecule has 2 aromatic carbocycles. The molecule has 0 radical (unpaired) electrons. The minimum absolute atomic E-state index is 0.0871. The number of anilines is 1. The van der Waals surface area contributed by atoms with Crippen molar-refractivity contribution in [2.45, 2.75) is 11.8 Å². The summed E-state index contributed by atoms with van der Waals surface area (Å²) in [6, 6.07) is 15.2. The summed E-state index contributed by atoms with van der Waals surface area (Å²) in [6.45, 7) is 2.33. The number of carbonyl (C=O) groups is 2. The van der Waals surface area contributed by atoms with Gasteiger partial charge >= 0.3 is 0 Å². The zero-order valence-corrected chi connectivity index (χ0v) is 17.5. The van der Waals surface area contributed by atoms with Crippen LogP contribution in [-0.4, -0.2) is 26.8 Å². The number of sulfonamides is 1. The molecule has 0 aliphatic rings. The highest BCUT2D eigenvalue weighted by atomic mass is 32.2. The Hall–Kier alpha value is -3.37. The van der Waals surface area contributed by atoms with Crippen molar-refractivity contribution in [3.05, 3.63) is 76.5 Å². The van der Waals surface area contributed by atoms with E-state index in [-0.39, 0.29) is 10.5 Å². The molecule has 1 heterocycles. The Bertz CT molecular complexity index is 1110. The molecule has 30 heavy (non-hydrogen) atoms. The monoisotopic (exact) mass is 445 g/mol. The Balaban J connectivity index is 1.60. The standard InChI is InChI=1S/C20H19N3O5S2/c1-2-28-16-9-11-17(12-10-16)30(26,27)23-15-7-5-14(6-8-15)19(24)21-22-20(25)18-4-3-13-29-18/h3-13,23H,2H2,1H3,(H,21,24)(H,22,25). The third-order valence-electron chi connectivity index (χ3n) is 3.88. The molecule has 2 amide bonds. The van der Waals surface area contributed by atoms with Crippen LogP contribution in [0.5, 0.6) is 5.75 Å². The summed E-state index contributed by atoms with van der Waals surface area (Å²) in [4.78, 5) is 24.5.